The molecule has 1 spiro atoms. The number of anilines is 1. The maximum atomic E-state index is 12.6. The normalized spacial score (nSPS) is 23.7. The number of hydrogen-bond donors (Lipinski definition) is 0. The zero-order valence-corrected chi connectivity index (χ0v) is 13.5. The summed E-state index contributed by atoms with van der Waals surface area (Å²) >= 11 is 0. The Bertz CT molecular complexity index is 710. The minimum absolute atomic E-state index is 0.0508. The molecule has 0 aliphatic carbocycles. The zero-order valence-electron chi connectivity index (χ0n) is 13.5. The molecule has 1 amide bonds. The Balaban J connectivity index is 1.48. The number of aromatic nitrogens is 4. The third-order valence-corrected chi connectivity index (χ3v) is 5.05. The van der Waals surface area contributed by atoms with E-state index in [0.717, 1.165) is 51.4 Å². The number of carbonyl (C=O) groups is 1. The van der Waals surface area contributed by atoms with E-state index in [1.54, 1.807) is 24.7 Å². The lowest BCUT2D eigenvalue weighted by molar-refractivity contribution is 0.0766. The Kier molecular flexibility index (Phi) is 3.84. The van der Waals surface area contributed by atoms with E-state index in [0.29, 0.717) is 5.56 Å². The summed E-state index contributed by atoms with van der Waals surface area (Å²) in [5.41, 5.74) is 0.759. The van der Waals surface area contributed by atoms with E-state index >= 15 is 0 Å². The minimum Gasteiger partial charge on any atom is -0.340 e. The van der Waals surface area contributed by atoms with Crippen molar-refractivity contribution >= 4 is 11.9 Å². The molecule has 2 fully saturated rings. The van der Waals surface area contributed by atoms with Gasteiger partial charge in [-0.1, -0.05) is 0 Å². The predicted molar refractivity (Wildman–Crippen MR) is 88.5 cm³/mol. The van der Waals surface area contributed by atoms with Crippen molar-refractivity contribution < 1.29 is 4.79 Å². The summed E-state index contributed by atoms with van der Waals surface area (Å²) in [7, 11) is 0. The molecule has 24 heavy (non-hydrogen) atoms. The molecule has 2 aromatic rings. The van der Waals surface area contributed by atoms with Crippen molar-refractivity contribution in [3.63, 3.8) is 0 Å². The summed E-state index contributed by atoms with van der Waals surface area (Å²) in [4.78, 5) is 25.6. The van der Waals surface area contributed by atoms with Gasteiger partial charge in [0.2, 0.25) is 5.95 Å². The highest BCUT2D eigenvalue weighted by Crippen LogP contribution is 2.40. The number of nitrogens with zero attached hydrogens (tertiary/aromatic N) is 6. The highest BCUT2D eigenvalue weighted by molar-refractivity contribution is 5.94. The van der Waals surface area contributed by atoms with Gasteiger partial charge >= 0.3 is 0 Å². The number of carbonyl (C=O) groups excluding carboxylic acids is 1. The molecule has 0 unspecified atom stereocenters. The van der Waals surface area contributed by atoms with Crippen LogP contribution in [0.4, 0.5) is 5.95 Å². The molecule has 2 aliphatic heterocycles. The molecule has 2 aliphatic rings. The van der Waals surface area contributed by atoms with Crippen molar-refractivity contribution in [1.82, 2.24) is 25.1 Å². The second kappa shape index (κ2) is 6.14. The van der Waals surface area contributed by atoms with Crippen LogP contribution in [-0.4, -0.2) is 57.2 Å². The Morgan fingerprint density at radius 3 is 2.71 bits per heavy atom. The van der Waals surface area contributed by atoms with Crippen molar-refractivity contribution in [2.75, 3.05) is 31.1 Å². The number of likely N-dealkylation sites (tertiary alicyclic amines) is 1. The molecule has 0 radical (unpaired) electrons. The van der Waals surface area contributed by atoms with Crippen LogP contribution in [0.3, 0.4) is 0 Å². The Hall–Kier alpha value is -2.57. The minimum atomic E-state index is 0.0508. The van der Waals surface area contributed by atoms with Crippen LogP contribution in [0.25, 0.3) is 0 Å². The molecule has 7 heteroatoms. The van der Waals surface area contributed by atoms with Crippen LogP contribution in [-0.2, 0) is 0 Å². The first-order valence-corrected chi connectivity index (χ1v) is 8.34. The predicted octanol–water partition coefficient (Wildman–Crippen LogP) is 1.40. The third kappa shape index (κ3) is 2.81. The van der Waals surface area contributed by atoms with Crippen molar-refractivity contribution in [2.24, 2.45) is 5.41 Å². The van der Waals surface area contributed by atoms with Crippen LogP contribution in [0, 0.1) is 5.41 Å². The maximum Gasteiger partial charge on any atom is 0.255 e. The average molecular weight is 324 g/mol. The molecule has 0 saturated carbocycles. The van der Waals surface area contributed by atoms with Gasteiger partial charge in [-0.3, -0.25) is 4.79 Å². The van der Waals surface area contributed by atoms with Crippen molar-refractivity contribution in [3.05, 3.63) is 42.5 Å². The summed E-state index contributed by atoms with van der Waals surface area (Å²) < 4.78 is 0. The van der Waals surface area contributed by atoms with Gasteiger partial charge in [0.1, 0.15) is 0 Å². The highest BCUT2D eigenvalue weighted by Gasteiger charge is 2.43. The molecule has 0 aromatic carbocycles. The average Bonchev–Trinajstić information content (AvgIpc) is 3.06. The van der Waals surface area contributed by atoms with Crippen LogP contribution in [0.5, 0.6) is 0 Å². The smallest absolute Gasteiger partial charge is 0.255 e. The van der Waals surface area contributed by atoms with Crippen LogP contribution in [0.2, 0.25) is 0 Å². The number of hydrogen-bond acceptors (Lipinski definition) is 6. The van der Waals surface area contributed by atoms with Gasteiger partial charge in [-0.2, -0.15) is 10.2 Å². The standard InChI is InChI=1S/C17H20N6O/c24-15(14-3-8-20-21-11-14)22-10-5-17(12-22)4-1-9-23(13-17)16-18-6-2-7-19-16/h2-3,6-8,11H,1,4-5,9-10,12-13H2/t17-/m1/s1. The second-order valence-corrected chi connectivity index (χ2v) is 6.68. The lowest BCUT2D eigenvalue weighted by atomic mass is 9.79. The van der Waals surface area contributed by atoms with E-state index < -0.39 is 0 Å². The Labute approximate surface area is 140 Å². The van der Waals surface area contributed by atoms with E-state index in [9.17, 15) is 4.79 Å². The monoisotopic (exact) mass is 324 g/mol. The summed E-state index contributed by atoms with van der Waals surface area (Å²) in [6.45, 7) is 3.48. The molecule has 2 aromatic heterocycles. The fraction of sp³-hybridized carbons (Fsp3) is 0.471. The summed E-state index contributed by atoms with van der Waals surface area (Å²) in [6, 6.07) is 3.56. The molecular formula is C17H20N6O. The molecular weight excluding hydrogens is 304 g/mol. The van der Waals surface area contributed by atoms with E-state index in [1.165, 1.54) is 6.20 Å². The fourth-order valence-electron chi connectivity index (χ4n) is 3.87. The molecule has 0 bridgehead atoms. The molecule has 4 heterocycles. The van der Waals surface area contributed by atoms with Crippen LogP contribution < -0.4 is 4.90 Å². The van der Waals surface area contributed by atoms with Crippen LogP contribution in [0.1, 0.15) is 29.6 Å². The van der Waals surface area contributed by atoms with Gasteiger partial charge in [0.15, 0.2) is 0 Å². The van der Waals surface area contributed by atoms with Crippen molar-refractivity contribution in [2.45, 2.75) is 19.3 Å². The molecule has 2 saturated heterocycles. The topological polar surface area (TPSA) is 75.1 Å². The summed E-state index contributed by atoms with van der Waals surface area (Å²) in [5.74, 6) is 0.842. The Morgan fingerprint density at radius 2 is 1.92 bits per heavy atom. The summed E-state index contributed by atoms with van der Waals surface area (Å²) in [6.07, 6.45) is 9.95. The molecule has 124 valence electrons. The van der Waals surface area contributed by atoms with Gasteiger partial charge in [0.25, 0.3) is 5.91 Å². The van der Waals surface area contributed by atoms with Crippen molar-refractivity contribution in [3.8, 4) is 0 Å². The quantitative estimate of drug-likeness (QED) is 0.831. The number of piperidine rings is 1. The van der Waals surface area contributed by atoms with Gasteiger partial charge in [-0.15, -0.1) is 0 Å². The van der Waals surface area contributed by atoms with Crippen LogP contribution in [0.15, 0.2) is 36.9 Å². The van der Waals surface area contributed by atoms with Crippen LogP contribution >= 0.6 is 0 Å². The molecule has 7 nitrogen and oxygen atoms in total. The SMILES string of the molecule is O=C(c1ccnnc1)N1CC[C@]2(CCCN(c3ncccn3)C2)C1. The summed E-state index contributed by atoms with van der Waals surface area (Å²) in [5, 5.41) is 7.55. The van der Waals surface area contributed by atoms with E-state index in [4.69, 9.17) is 0 Å². The first kappa shape index (κ1) is 15.0. The van der Waals surface area contributed by atoms with E-state index in [2.05, 4.69) is 25.1 Å². The van der Waals surface area contributed by atoms with Gasteiger partial charge in [0.05, 0.1) is 18.0 Å². The third-order valence-electron chi connectivity index (χ3n) is 5.05. The molecule has 4 rings (SSSR count). The fourth-order valence-corrected chi connectivity index (χ4v) is 3.87. The highest BCUT2D eigenvalue weighted by atomic mass is 16.2. The largest absolute Gasteiger partial charge is 0.340 e. The van der Waals surface area contributed by atoms with Gasteiger partial charge in [0, 0.05) is 44.0 Å². The Morgan fingerprint density at radius 1 is 1.04 bits per heavy atom. The van der Waals surface area contributed by atoms with E-state index in [1.807, 2.05) is 11.0 Å². The van der Waals surface area contributed by atoms with Gasteiger partial charge in [-0.05, 0) is 31.4 Å². The van der Waals surface area contributed by atoms with Gasteiger partial charge < -0.3 is 9.80 Å². The number of rotatable bonds is 2. The maximum absolute atomic E-state index is 12.6. The lowest BCUT2D eigenvalue weighted by Crippen LogP contribution is -2.46. The molecule has 1 atom stereocenters. The lowest BCUT2D eigenvalue weighted by Gasteiger charge is -2.40. The number of amides is 1. The first-order chi connectivity index (χ1) is 11.8. The van der Waals surface area contributed by atoms with Crippen molar-refractivity contribution in [1.29, 1.82) is 0 Å². The molecule has 0 N–H and O–H groups in total. The second-order valence-electron chi connectivity index (χ2n) is 6.68. The van der Waals surface area contributed by atoms with Gasteiger partial charge in [-0.25, -0.2) is 9.97 Å². The first-order valence-electron chi connectivity index (χ1n) is 8.34. The zero-order chi connectivity index (χ0) is 16.4. The van der Waals surface area contributed by atoms with E-state index in [-0.39, 0.29) is 11.3 Å².